The monoisotopic (exact) mass is 476 g/mol. The largest absolute Gasteiger partial charge is 0.328 e. The highest BCUT2D eigenvalue weighted by atomic mass is 32.2. The second-order valence-corrected chi connectivity index (χ2v) is 11.0. The minimum Gasteiger partial charge on any atom is -0.328 e. The molecule has 0 spiro atoms. The lowest BCUT2D eigenvalue weighted by atomic mass is 10.0. The molecular weight excluding hydrogens is 446 g/mol. The number of amides is 1. The van der Waals surface area contributed by atoms with Crippen LogP contribution in [0.15, 0.2) is 83.8 Å². The number of carbonyl (C=O) groups excluding carboxylic acids is 1. The van der Waals surface area contributed by atoms with E-state index >= 15 is 0 Å². The van der Waals surface area contributed by atoms with E-state index in [-0.39, 0.29) is 10.8 Å². The van der Waals surface area contributed by atoms with Crippen LogP contribution in [0.25, 0.3) is 0 Å². The Hall–Kier alpha value is -3.00. The molecule has 0 unspecified atom stereocenters. The first kappa shape index (κ1) is 22.8. The molecule has 2 aliphatic heterocycles. The number of rotatable bonds is 5. The fourth-order valence-electron chi connectivity index (χ4n) is 4.88. The molecule has 0 bridgehead atoms. The van der Waals surface area contributed by atoms with Crippen LogP contribution < -0.4 is 4.90 Å². The van der Waals surface area contributed by atoms with Crippen LogP contribution in [0.2, 0.25) is 0 Å². The van der Waals surface area contributed by atoms with Crippen LogP contribution in [0.4, 0.5) is 0 Å². The normalized spacial score (nSPS) is 17.4. The molecule has 0 aromatic heterocycles. The molecule has 3 aromatic carbocycles. The van der Waals surface area contributed by atoms with Gasteiger partial charge in [0.2, 0.25) is 10.0 Å². The highest BCUT2D eigenvalue weighted by Crippen LogP contribution is 2.25. The molecular formula is C27H30N3O3S+. The van der Waals surface area contributed by atoms with Gasteiger partial charge in [-0.15, -0.1) is 0 Å². The Labute approximate surface area is 201 Å². The lowest BCUT2D eigenvalue weighted by molar-refractivity contribution is -0.917. The van der Waals surface area contributed by atoms with Crippen molar-refractivity contribution in [2.24, 2.45) is 0 Å². The van der Waals surface area contributed by atoms with Crippen molar-refractivity contribution in [1.82, 2.24) is 9.21 Å². The number of hydrogen-bond acceptors (Lipinski definition) is 3. The van der Waals surface area contributed by atoms with Gasteiger partial charge in [0, 0.05) is 24.2 Å². The molecule has 7 heteroatoms. The van der Waals surface area contributed by atoms with Crippen LogP contribution in [-0.2, 0) is 29.5 Å². The standard InChI is InChI=1S/C27H29N3O3S/c31-27(29-17-15-28(16-18-29)20-22-7-2-1-3-8-22)24-11-6-12-26(19-24)34(32,33)30-14-13-23-9-4-5-10-25(23)21-30/h1-12,19H,13-18,20-21H2/p+1. The summed E-state index contributed by atoms with van der Waals surface area (Å²) in [6.45, 7) is 4.86. The highest BCUT2D eigenvalue weighted by Gasteiger charge is 2.30. The average molecular weight is 477 g/mol. The zero-order chi connectivity index (χ0) is 23.5. The van der Waals surface area contributed by atoms with Crippen molar-refractivity contribution in [1.29, 1.82) is 0 Å². The summed E-state index contributed by atoms with van der Waals surface area (Å²) in [7, 11) is -3.68. The summed E-state index contributed by atoms with van der Waals surface area (Å²) in [5.74, 6) is -0.0974. The van der Waals surface area contributed by atoms with E-state index in [2.05, 4.69) is 30.3 Å². The predicted octanol–water partition coefficient (Wildman–Crippen LogP) is 1.97. The maximum Gasteiger partial charge on any atom is 0.254 e. The minimum atomic E-state index is -3.68. The Morgan fingerprint density at radius 2 is 1.53 bits per heavy atom. The Balaban J connectivity index is 1.25. The van der Waals surface area contributed by atoms with Crippen molar-refractivity contribution in [2.45, 2.75) is 24.4 Å². The van der Waals surface area contributed by atoms with E-state index in [4.69, 9.17) is 0 Å². The Morgan fingerprint density at radius 1 is 0.824 bits per heavy atom. The topological polar surface area (TPSA) is 62.1 Å². The van der Waals surface area contributed by atoms with Gasteiger partial charge in [-0.2, -0.15) is 4.31 Å². The van der Waals surface area contributed by atoms with Crippen molar-refractivity contribution in [3.05, 3.63) is 101 Å². The summed E-state index contributed by atoms with van der Waals surface area (Å²) >= 11 is 0. The molecule has 1 N–H and O–H groups in total. The Morgan fingerprint density at radius 3 is 2.29 bits per heavy atom. The summed E-state index contributed by atoms with van der Waals surface area (Å²) in [6, 6.07) is 24.9. The first-order valence-electron chi connectivity index (χ1n) is 11.8. The summed E-state index contributed by atoms with van der Waals surface area (Å²) in [4.78, 5) is 16.7. The third-order valence-electron chi connectivity index (χ3n) is 6.87. The van der Waals surface area contributed by atoms with Crippen LogP contribution in [0.5, 0.6) is 0 Å². The number of benzene rings is 3. The number of quaternary nitrogens is 1. The lowest BCUT2D eigenvalue weighted by Gasteiger charge is -2.32. The fourth-order valence-corrected chi connectivity index (χ4v) is 6.35. The van der Waals surface area contributed by atoms with E-state index in [1.165, 1.54) is 20.3 Å². The maximum atomic E-state index is 13.4. The number of nitrogens with zero attached hydrogens (tertiary/aromatic N) is 2. The van der Waals surface area contributed by atoms with Crippen LogP contribution in [0, 0.1) is 0 Å². The van der Waals surface area contributed by atoms with Gasteiger partial charge in [-0.3, -0.25) is 4.79 Å². The van der Waals surface area contributed by atoms with E-state index in [0.29, 0.717) is 38.2 Å². The second kappa shape index (κ2) is 9.70. The fraction of sp³-hybridized carbons (Fsp3) is 0.296. The lowest BCUT2D eigenvalue weighted by Crippen LogP contribution is -3.13. The van der Waals surface area contributed by atoms with Gasteiger partial charge in [-0.1, -0.05) is 60.7 Å². The van der Waals surface area contributed by atoms with Crippen molar-refractivity contribution < 1.29 is 18.1 Å². The maximum absolute atomic E-state index is 13.4. The molecule has 1 amide bonds. The molecule has 6 nitrogen and oxygen atoms in total. The average Bonchev–Trinajstić information content (AvgIpc) is 2.89. The first-order chi connectivity index (χ1) is 16.5. The molecule has 1 fully saturated rings. The minimum absolute atomic E-state index is 0.0974. The molecule has 2 heterocycles. The molecule has 176 valence electrons. The second-order valence-electron chi connectivity index (χ2n) is 9.09. The highest BCUT2D eigenvalue weighted by molar-refractivity contribution is 7.89. The summed E-state index contributed by atoms with van der Waals surface area (Å²) in [6.07, 6.45) is 0.698. The van der Waals surface area contributed by atoms with Crippen molar-refractivity contribution in [2.75, 3.05) is 32.7 Å². The smallest absolute Gasteiger partial charge is 0.254 e. The molecule has 0 saturated carbocycles. The third kappa shape index (κ3) is 4.78. The zero-order valence-electron chi connectivity index (χ0n) is 19.2. The van der Waals surface area contributed by atoms with Crippen LogP contribution in [0.3, 0.4) is 0 Å². The summed E-state index contributed by atoms with van der Waals surface area (Å²) in [5.41, 5.74) is 3.98. The van der Waals surface area contributed by atoms with E-state index < -0.39 is 10.0 Å². The number of fused-ring (bicyclic) bond motifs is 1. The van der Waals surface area contributed by atoms with Gasteiger partial charge in [-0.05, 0) is 35.7 Å². The predicted molar refractivity (Wildman–Crippen MR) is 131 cm³/mol. The molecule has 34 heavy (non-hydrogen) atoms. The summed E-state index contributed by atoms with van der Waals surface area (Å²) in [5, 5.41) is 0. The number of carbonyl (C=O) groups is 1. The van der Waals surface area contributed by atoms with Gasteiger partial charge in [0.05, 0.1) is 31.1 Å². The van der Waals surface area contributed by atoms with Crippen molar-refractivity contribution in [3.8, 4) is 0 Å². The number of nitrogens with one attached hydrogen (secondary N) is 1. The number of sulfonamides is 1. The van der Waals surface area contributed by atoms with Gasteiger partial charge < -0.3 is 9.80 Å². The van der Waals surface area contributed by atoms with E-state index in [1.54, 1.807) is 24.3 Å². The van der Waals surface area contributed by atoms with Crippen LogP contribution >= 0.6 is 0 Å². The molecule has 5 rings (SSSR count). The van der Waals surface area contributed by atoms with Gasteiger partial charge in [0.1, 0.15) is 6.54 Å². The summed E-state index contributed by atoms with van der Waals surface area (Å²) < 4.78 is 28.2. The Bertz CT molecular complexity index is 1270. The van der Waals surface area contributed by atoms with Crippen LogP contribution in [0.1, 0.15) is 27.0 Å². The molecule has 0 aliphatic carbocycles. The quantitative estimate of drug-likeness (QED) is 0.613. The van der Waals surface area contributed by atoms with Gasteiger partial charge in [0.15, 0.2) is 0 Å². The Kier molecular flexibility index (Phi) is 6.50. The number of piperazine rings is 1. The molecule has 2 aliphatic rings. The van der Waals surface area contributed by atoms with Crippen molar-refractivity contribution >= 4 is 15.9 Å². The SMILES string of the molecule is O=C(c1cccc(S(=O)(=O)N2CCc3ccccc3C2)c1)N1CC[NH+](Cc2ccccc2)CC1. The van der Waals surface area contributed by atoms with Gasteiger partial charge >= 0.3 is 0 Å². The first-order valence-corrected chi connectivity index (χ1v) is 13.3. The molecule has 3 aromatic rings. The molecule has 0 atom stereocenters. The van der Waals surface area contributed by atoms with Gasteiger partial charge in [-0.25, -0.2) is 8.42 Å². The molecule has 1 saturated heterocycles. The van der Waals surface area contributed by atoms with Gasteiger partial charge in [0.25, 0.3) is 5.91 Å². The third-order valence-corrected chi connectivity index (χ3v) is 8.71. The van der Waals surface area contributed by atoms with E-state index in [1.807, 2.05) is 29.2 Å². The molecule has 0 radical (unpaired) electrons. The zero-order valence-corrected chi connectivity index (χ0v) is 20.0. The van der Waals surface area contributed by atoms with Crippen LogP contribution in [-0.4, -0.2) is 56.3 Å². The number of hydrogen-bond donors (Lipinski definition) is 1. The van der Waals surface area contributed by atoms with Crippen molar-refractivity contribution in [3.63, 3.8) is 0 Å². The van der Waals surface area contributed by atoms with E-state index in [9.17, 15) is 13.2 Å². The van der Waals surface area contributed by atoms with E-state index in [0.717, 1.165) is 25.2 Å².